The fourth-order valence-corrected chi connectivity index (χ4v) is 4.87. The molecule has 9 nitrogen and oxygen atoms in total. The molecule has 5 heterocycles. The zero-order chi connectivity index (χ0) is 24.0. The molecule has 1 saturated carbocycles. The Bertz CT molecular complexity index is 1180. The third kappa shape index (κ3) is 3.97. The van der Waals surface area contributed by atoms with Gasteiger partial charge in [-0.2, -0.15) is 18.3 Å². The van der Waals surface area contributed by atoms with E-state index in [1.807, 2.05) is 4.90 Å². The van der Waals surface area contributed by atoms with Crippen molar-refractivity contribution in [1.29, 1.82) is 0 Å². The molecule has 3 aliphatic rings. The molecule has 12 heteroatoms. The number of alkyl halides is 3. The lowest BCUT2D eigenvalue weighted by atomic mass is 9.64. The third-order valence-corrected chi connectivity index (χ3v) is 6.76. The predicted octanol–water partition coefficient (Wildman–Crippen LogP) is 3.04. The molecular weight excluding hydrogens is 449 g/mol. The lowest BCUT2D eigenvalue weighted by Crippen LogP contribution is -2.64. The van der Waals surface area contributed by atoms with Gasteiger partial charge in [-0.1, -0.05) is 6.92 Å². The number of halogens is 3. The standard InChI is InChI=1S/C22H23F3N8O/c1-12-13-6-14(7-13)33(16(12)8-29-18-10-28-17(9-30-18)22(23,24)25)21(34)19-15(11-32(2)31-19)20-26-4-3-5-27-20/h3-5,9-14,16H,6-8H2,1-2H3,(H,29,30). The van der Waals surface area contributed by atoms with E-state index in [9.17, 15) is 18.0 Å². The van der Waals surface area contributed by atoms with Crippen molar-refractivity contribution in [3.05, 3.63) is 48.4 Å². The Balaban J connectivity index is 1.39. The maximum atomic E-state index is 13.8. The normalized spacial score (nSPS) is 24.0. The van der Waals surface area contributed by atoms with E-state index in [0.29, 0.717) is 30.0 Å². The van der Waals surface area contributed by atoms with Crippen molar-refractivity contribution < 1.29 is 18.0 Å². The van der Waals surface area contributed by atoms with Crippen molar-refractivity contribution >= 4 is 11.7 Å². The van der Waals surface area contributed by atoms with Crippen LogP contribution in [0.5, 0.6) is 0 Å². The molecule has 0 radical (unpaired) electrons. The fourth-order valence-electron chi connectivity index (χ4n) is 4.87. The molecule has 34 heavy (non-hydrogen) atoms. The van der Waals surface area contributed by atoms with Gasteiger partial charge < -0.3 is 10.2 Å². The molecule has 2 saturated heterocycles. The first-order chi connectivity index (χ1) is 16.2. The maximum absolute atomic E-state index is 13.8. The van der Waals surface area contributed by atoms with Crippen molar-refractivity contribution in [3.63, 3.8) is 0 Å². The van der Waals surface area contributed by atoms with Crippen molar-refractivity contribution in [2.24, 2.45) is 18.9 Å². The Morgan fingerprint density at radius 2 is 1.88 bits per heavy atom. The van der Waals surface area contributed by atoms with Crippen molar-refractivity contribution in [1.82, 2.24) is 34.6 Å². The highest BCUT2D eigenvalue weighted by molar-refractivity contribution is 5.98. The molecule has 2 bridgehead atoms. The van der Waals surface area contributed by atoms with E-state index in [1.54, 1.807) is 36.4 Å². The molecule has 2 aliphatic heterocycles. The highest BCUT2D eigenvalue weighted by Gasteiger charge is 2.51. The zero-order valence-electron chi connectivity index (χ0n) is 18.6. The summed E-state index contributed by atoms with van der Waals surface area (Å²) in [5, 5.41) is 7.49. The lowest BCUT2D eigenvalue weighted by Gasteiger charge is -2.57. The molecular formula is C22H23F3N8O. The number of aryl methyl sites for hydroxylation is 1. The van der Waals surface area contributed by atoms with Crippen LogP contribution in [0.4, 0.5) is 19.0 Å². The molecule has 1 N–H and O–H groups in total. The number of piperidine rings is 2. The molecule has 1 aliphatic carbocycles. The minimum Gasteiger partial charge on any atom is -0.367 e. The number of aromatic nitrogens is 6. The Morgan fingerprint density at radius 1 is 1.15 bits per heavy atom. The van der Waals surface area contributed by atoms with Crippen LogP contribution >= 0.6 is 0 Å². The third-order valence-electron chi connectivity index (χ3n) is 6.76. The van der Waals surface area contributed by atoms with Crippen molar-refractivity contribution in [2.75, 3.05) is 11.9 Å². The van der Waals surface area contributed by atoms with Gasteiger partial charge in [-0.05, 0) is 30.7 Å². The van der Waals surface area contributed by atoms with E-state index < -0.39 is 11.9 Å². The van der Waals surface area contributed by atoms with Crippen molar-refractivity contribution in [3.8, 4) is 11.4 Å². The molecule has 1 amide bonds. The number of rotatable bonds is 5. The Hall–Kier alpha value is -3.57. The van der Waals surface area contributed by atoms with Crippen LogP contribution in [0.25, 0.3) is 11.4 Å². The molecule has 178 valence electrons. The number of nitrogens with one attached hydrogen (secondary N) is 1. The number of fused-ring (bicyclic) bond motifs is 2. The molecule has 0 aromatic carbocycles. The number of anilines is 1. The van der Waals surface area contributed by atoms with Gasteiger partial charge in [0.05, 0.1) is 24.0 Å². The summed E-state index contributed by atoms with van der Waals surface area (Å²) in [6.45, 7) is 2.44. The van der Waals surface area contributed by atoms with Gasteiger partial charge in [-0.15, -0.1) is 0 Å². The Labute approximate surface area is 193 Å². The minimum atomic E-state index is -4.54. The molecule has 6 rings (SSSR count). The molecule has 2 unspecified atom stereocenters. The van der Waals surface area contributed by atoms with Crippen LogP contribution in [0, 0.1) is 11.8 Å². The number of nitrogens with zero attached hydrogens (tertiary/aromatic N) is 7. The van der Waals surface area contributed by atoms with Crippen LogP contribution in [-0.2, 0) is 13.2 Å². The highest BCUT2D eigenvalue weighted by atomic mass is 19.4. The van der Waals surface area contributed by atoms with E-state index in [4.69, 9.17) is 0 Å². The average molecular weight is 472 g/mol. The van der Waals surface area contributed by atoms with E-state index >= 15 is 0 Å². The van der Waals surface area contributed by atoms with Gasteiger partial charge in [0.25, 0.3) is 5.91 Å². The van der Waals surface area contributed by atoms with Crippen LogP contribution < -0.4 is 5.32 Å². The van der Waals surface area contributed by atoms with E-state index in [1.165, 1.54) is 0 Å². The average Bonchev–Trinajstić information content (AvgIpc) is 3.18. The summed E-state index contributed by atoms with van der Waals surface area (Å²) < 4.78 is 39.9. The second-order valence-corrected chi connectivity index (χ2v) is 8.83. The Morgan fingerprint density at radius 3 is 2.53 bits per heavy atom. The first kappa shape index (κ1) is 22.2. The van der Waals surface area contributed by atoms with Crippen LogP contribution in [0.15, 0.2) is 37.1 Å². The summed E-state index contributed by atoms with van der Waals surface area (Å²) in [4.78, 5) is 31.5. The quantitative estimate of drug-likeness (QED) is 0.609. The summed E-state index contributed by atoms with van der Waals surface area (Å²) in [5.41, 5.74) is -0.207. The number of amides is 1. The van der Waals surface area contributed by atoms with E-state index in [-0.39, 0.29) is 35.4 Å². The summed E-state index contributed by atoms with van der Waals surface area (Å²) in [5.74, 6) is 1.14. The van der Waals surface area contributed by atoms with Gasteiger partial charge in [0.1, 0.15) is 5.82 Å². The molecule has 0 spiro atoms. The SMILES string of the molecule is CC1C2CC(C2)N(C(=O)c2nn(C)cc2-c2ncccn2)C1CNc1cnc(C(F)(F)F)cn1. The van der Waals surface area contributed by atoms with Gasteiger partial charge >= 0.3 is 6.18 Å². The second-order valence-electron chi connectivity index (χ2n) is 8.83. The van der Waals surface area contributed by atoms with Gasteiger partial charge in [0, 0.05) is 38.2 Å². The van der Waals surface area contributed by atoms with Crippen LogP contribution in [0.2, 0.25) is 0 Å². The van der Waals surface area contributed by atoms with E-state index in [0.717, 1.165) is 19.0 Å². The van der Waals surface area contributed by atoms with Crippen molar-refractivity contribution in [2.45, 2.75) is 38.0 Å². The minimum absolute atomic E-state index is 0.0886. The largest absolute Gasteiger partial charge is 0.434 e. The number of hydrogen-bond donors (Lipinski definition) is 1. The van der Waals surface area contributed by atoms with E-state index in [2.05, 4.69) is 37.3 Å². The molecule has 3 aromatic heterocycles. The Kier molecular flexibility index (Phi) is 5.45. The maximum Gasteiger partial charge on any atom is 0.434 e. The van der Waals surface area contributed by atoms with Gasteiger partial charge in [0.15, 0.2) is 17.2 Å². The number of carbonyl (C=O) groups excluding carboxylic acids is 1. The molecule has 3 fully saturated rings. The monoisotopic (exact) mass is 472 g/mol. The van der Waals surface area contributed by atoms with Gasteiger partial charge in [-0.25, -0.2) is 19.9 Å². The number of carbonyl (C=O) groups is 1. The van der Waals surface area contributed by atoms with Crippen LogP contribution in [0.3, 0.4) is 0 Å². The summed E-state index contributed by atoms with van der Waals surface area (Å²) >= 11 is 0. The summed E-state index contributed by atoms with van der Waals surface area (Å²) in [7, 11) is 1.74. The fraction of sp³-hybridized carbons (Fsp3) is 0.455. The topological polar surface area (TPSA) is 102 Å². The van der Waals surface area contributed by atoms with Gasteiger partial charge in [0.2, 0.25) is 0 Å². The zero-order valence-corrected chi connectivity index (χ0v) is 18.6. The van der Waals surface area contributed by atoms with Crippen LogP contribution in [-0.4, -0.2) is 59.2 Å². The second kappa shape index (κ2) is 8.33. The number of hydrogen-bond acceptors (Lipinski definition) is 7. The summed E-state index contributed by atoms with van der Waals surface area (Å²) in [6, 6.07) is 1.61. The lowest BCUT2D eigenvalue weighted by molar-refractivity contribution is -0.141. The molecule has 3 aromatic rings. The van der Waals surface area contributed by atoms with Crippen LogP contribution in [0.1, 0.15) is 35.9 Å². The van der Waals surface area contributed by atoms with Gasteiger partial charge in [-0.3, -0.25) is 9.48 Å². The smallest absolute Gasteiger partial charge is 0.367 e. The predicted molar refractivity (Wildman–Crippen MR) is 115 cm³/mol. The highest BCUT2D eigenvalue weighted by Crippen LogP contribution is 2.47. The first-order valence-electron chi connectivity index (χ1n) is 11.0. The molecule has 2 atom stereocenters. The first-order valence-corrected chi connectivity index (χ1v) is 11.0. The summed E-state index contributed by atoms with van der Waals surface area (Å²) in [6.07, 6.45) is 4.02.